The summed E-state index contributed by atoms with van der Waals surface area (Å²) in [6, 6.07) is -2.02. The Labute approximate surface area is 136 Å². The Hall–Kier alpha value is -0.380. The summed E-state index contributed by atoms with van der Waals surface area (Å²) in [5, 5.41) is 3.63. The van der Waals surface area contributed by atoms with Crippen LogP contribution in [0.25, 0.3) is 0 Å². The number of nitrogens with zero attached hydrogens (tertiary/aromatic N) is 1. The summed E-state index contributed by atoms with van der Waals surface area (Å²) in [6.07, 6.45) is -0.858. The summed E-state index contributed by atoms with van der Waals surface area (Å²) >= 11 is 3.21. The van der Waals surface area contributed by atoms with Crippen molar-refractivity contribution >= 4 is 29.4 Å². The smallest absolute Gasteiger partial charge is 0.300 e. The van der Waals surface area contributed by atoms with Crippen molar-refractivity contribution in [3.05, 3.63) is 12.2 Å². The van der Waals surface area contributed by atoms with E-state index < -0.39 is 28.2 Å². The maximum atomic E-state index is 13.1. The van der Waals surface area contributed by atoms with Gasteiger partial charge in [-0.25, -0.2) is 5.06 Å². The number of halogens is 3. The van der Waals surface area contributed by atoms with E-state index in [0.29, 0.717) is 6.42 Å². The Bertz CT molecular complexity index is 439. The first-order chi connectivity index (χ1) is 10.3. The van der Waals surface area contributed by atoms with Crippen LogP contribution in [-0.2, 0) is 9.63 Å². The second-order valence-electron chi connectivity index (χ2n) is 5.26. The van der Waals surface area contributed by atoms with Crippen LogP contribution in [0.1, 0.15) is 12.8 Å². The Kier molecular flexibility index (Phi) is 5.73. The Morgan fingerprint density at radius 3 is 2.55 bits per heavy atom. The molecule has 0 radical (unpaired) electrons. The molecular formula is C13H19F3N2O2S2. The molecule has 2 rings (SSSR count). The number of carbonyl (C=O) groups is 1. The minimum atomic E-state index is -4.28. The fourth-order valence-corrected chi connectivity index (χ4v) is 5.97. The molecule has 0 aromatic heterocycles. The van der Waals surface area contributed by atoms with Crippen LogP contribution in [0.4, 0.5) is 13.2 Å². The minimum absolute atomic E-state index is 0.0715. The number of thioether (sulfide) groups is 2. The first-order valence-corrected chi connectivity index (χ1v) is 8.83. The third-order valence-corrected chi connectivity index (χ3v) is 7.23. The monoisotopic (exact) mass is 356 g/mol. The lowest BCUT2D eigenvalue weighted by atomic mass is 9.96. The molecule has 2 aliphatic rings. The summed E-state index contributed by atoms with van der Waals surface area (Å²) in [5.74, 6) is 1.34. The Morgan fingerprint density at radius 1 is 1.36 bits per heavy atom. The van der Waals surface area contributed by atoms with Gasteiger partial charge >= 0.3 is 6.18 Å². The van der Waals surface area contributed by atoms with Crippen LogP contribution in [-0.4, -0.2) is 59.0 Å². The zero-order valence-electron chi connectivity index (χ0n) is 12.4. The van der Waals surface area contributed by atoms with Gasteiger partial charge in [0.1, 0.15) is 6.04 Å². The highest BCUT2D eigenvalue weighted by Gasteiger charge is 2.51. The predicted octanol–water partition coefficient (Wildman–Crippen LogP) is 2.42. The average Bonchev–Trinajstić information content (AvgIpc) is 2.90. The highest BCUT2D eigenvalue weighted by Crippen LogP contribution is 2.53. The normalized spacial score (nSPS) is 28.4. The number of alkyl halides is 3. The summed E-state index contributed by atoms with van der Waals surface area (Å²) in [4.78, 5) is 16.4. The molecule has 1 N–H and O–H groups in total. The van der Waals surface area contributed by atoms with E-state index in [1.807, 2.05) is 0 Å². The molecule has 0 aromatic rings. The number of nitrogens with one attached hydrogen (secondary N) is 1. The first-order valence-electron chi connectivity index (χ1n) is 6.86. The van der Waals surface area contributed by atoms with E-state index in [1.54, 1.807) is 23.5 Å². The molecule has 2 atom stereocenters. The lowest BCUT2D eigenvalue weighted by Crippen LogP contribution is -2.55. The van der Waals surface area contributed by atoms with Crippen LogP contribution in [0.3, 0.4) is 0 Å². The van der Waals surface area contributed by atoms with Gasteiger partial charge in [-0.2, -0.15) is 13.2 Å². The lowest BCUT2D eigenvalue weighted by Gasteiger charge is -2.41. The second-order valence-corrected chi connectivity index (χ2v) is 8.48. The molecule has 2 saturated heterocycles. The van der Waals surface area contributed by atoms with E-state index in [9.17, 15) is 18.0 Å². The maximum absolute atomic E-state index is 13.1. The largest absolute Gasteiger partial charge is 0.403 e. The van der Waals surface area contributed by atoms with E-state index in [-0.39, 0.29) is 6.42 Å². The Morgan fingerprint density at radius 2 is 2.00 bits per heavy atom. The van der Waals surface area contributed by atoms with Gasteiger partial charge in [-0.05, 0) is 12.8 Å². The fourth-order valence-electron chi connectivity index (χ4n) is 2.57. The van der Waals surface area contributed by atoms with Crippen molar-refractivity contribution < 1.29 is 22.8 Å². The molecule has 1 amide bonds. The number of piperidine rings is 1. The molecule has 2 aliphatic heterocycles. The molecule has 2 unspecified atom stereocenters. The molecule has 1 spiro atoms. The number of hydroxylamine groups is 2. The van der Waals surface area contributed by atoms with Gasteiger partial charge in [0.2, 0.25) is 0 Å². The minimum Gasteiger partial charge on any atom is -0.300 e. The highest BCUT2D eigenvalue weighted by molar-refractivity contribution is 8.21. The number of likely N-dealkylation sites (N-methyl/N-ethyl adjacent to an activating group) is 1. The van der Waals surface area contributed by atoms with Crippen molar-refractivity contribution in [1.29, 1.82) is 0 Å². The fraction of sp³-hybridized carbons (Fsp3) is 0.769. The van der Waals surface area contributed by atoms with Crippen LogP contribution in [0.2, 0.25) is 0 Å². The molecule has 0 aliphatic carbocycles. The quantitative estimate of drug-likeness (QED) is 0.621. The Balaban J connectivity index is 2.09. The first kappa shape index (κ1) is 18.0. The number of carbonyl (C=O) groups excluding carboxylic acids is 1. The van der Waals surface area contributed by atoms with E-state index >= 15 is 0 Å². The summed E-state index contributed by atoms with van der Waals surface area (Å²) in [7, 11) is 2.80. The van der Waals surface area contributed by atoms with Crippen LogP contribution >= 0.6 is 23.5 Å². The lowest BCUT2D eigenvalue weighted by molar-refractivity contribution is -0.162. The molecule has 22 heavy (non-hydrogen) atoms. The standard InChI is InChI=1S/C13H19F3N2O2S2/c1-18(20-2)11(19)4-3-9-7-12(21-5-6-22-12)8-10(17-9)13(14,15)16/h3-4,9-10,17H,5-8H2,1-2H3/b4-3+. The van der Waals surface area contributed by atoms with Crippen molar-refractivity contribution in [1.82, 2.24) is 10.4 Å². The van der Waals surface area contributed by atoms with E-state index in [0.717, 1.165) is 16.6 Å². The van der Waals surface area contributed by atoms with Gasteiger partial charge in [-0.15, -0.1) is 23.5 Å². The summed E-state index contributed by atoms with van der Waals surface area (Å²) in [5.41, 5.74) is 0. The van der Waals surface area contributed by atoms with Crippen LogP contribution < -0.4 is 5.32 Å². The molecule has 0 aromatic carbocycles. The van der Waals surface area contributed by atoms with Crippen molar-refractivity contribution in [3.8, 4) is 0 Å². The topological polar surface area (TPSA) is 41.6 Å². The zero-order chi connectivity index (χ0) is 16.4. The number of hydrogen-bond acceptors (Lipinski definition) is 5. The SMILES string of the molecule is CON(C)C(=O)/C=C/C1CC2(CC(C(F)(F)F)N1)SCCS2. The molecule has 2 fully saturated rings. The maximum Gasteiger partial charge on any atom is 0.403 e. The number of hydrogen-bond donors (Lipinski definition) is 1. The third kappa shape index (κ3) is 4.33. The van der Waals surface area contributed by atoms with Gasteiger partial charge in [0.25, 0.3) is 5.91 Å². The third-order valence-electron chi connectivity index (χ3n) is 3.73. The van der Waals surface area contributed by atoms with Crippen molar-refractivity contribution in [2.75, 3.05) is 25.7 Å². The van der Waals surface area contributed by atoms with E-state index in [1.165, 1.54) is 26.3 Å². The molecule has 4 nitrogen and oxygen atoms in total. The van der Waals surface area contributed by atoms with Gasteiger partial charge in [-0.3, -0.25) is 14.9 Å². The zero-order valence-corrected chi connectivity index (χ0v) is 14.0. The average molecular weight is 356 g/mol. The summed E-state index contributed by atoms with van der Waals surface area (Å²) in [6.45, 7) is 0. The molecule has 126 valence electrons. The van der Waals surface area contributed by atoms with Crippen molar-refractivity contribution in [2.24, 2.45) is 0 Å². The summed E-state index contributed by atoms with van der Waals surface area (Å²) < 4.78 is 39.0. The highest BCUT2D eigenvalue weighted by atomic mass is 32.2. The van der Waals surface area contributed by atoms with Gasteiger partial charge in [0.15, 0.2) is 0 Å². The van der Waals surface area contributed by atoms with Crippen LogP contribution in [0.15, 0.2) is 12.2 Å². The molecule has 9 heteroatoms. The van der Waals surface area contributed by atoms with Crippen molar-refractivity contribution in [3.63, 3.8) is 0 Å². The number of rotatable bonds is 3. The van der Waals surface area contributed by atoms with Gasteiger partial charge in [0, 0.05) is 30.7 Å². The second kappa shape index (κ2) is 7.02. The van der Waals surface area contributed by atoms with Gasteiger partial charge in [0.05, 0.1) is 11.2 Å². The molecule has 0 saturated carbocycles. The molecular weight excluding hydrogens is 337 g/mol. The van der Waals surface area contributed by atoms with Gasteiger partial charge in [-0.1, -0.05) is 6.08 Å². The molecule has 2 heterocycles. The number of amides is 1. The van der Waals surface area contributed by atoms with Gasteiger partial charge < -0.3 is 0 Å². The van der Waals surface area contributed by atoms with Crippen LogP contribution in [0, 0.1) is 0 Å². The predicted molar refractivity (Wildman–Crippen MR) is 82.6 cm³/mol. The van der Waals surface area contributed by atoms with Crippen LogP contribution in [0.5, 0.6) is 0 Å². The van der Waals surface area contributed by atoms with E-state index in [2.05, 4.69) is 5.32 Å². The van der Waals surface area contributed by atoms with E-state index in [4.69, 9.17) is 4.84 Å². The van der Waals surface area contributed by atoms with Crippen molar-refractivity contribution in [2.45, 2.75) is 35.2 Å². The molecule has 0 bridgehead atoms.